The molecule has 0 aromatic carbocycles. The summed E-state index contributed by atoms with van der Waals surface area (Å²) in [6, 6.07) is 0.412. The van der Waals surface area contributed by atoms with E-state index in [-0.39, 0.29) is 0 Å². The van der Waals surface area contributed by atoms with Crippen molar-refractivity contribution in [2.75, 3.05) is 25.8 Å². The minimum absolute atomic E-state index is 0.412. The molecule has 0 aromatic rings. The third kappa shape index (κ3) is 4.49. The lowest BCUT2D eigenvalue weighted by Gasteiger charge is -2.27. The van der Waals surface area contributed by atoms with Crippen LogP contribution in [0.4, 0.5) is 0 Å². The van der Waals surface area contributed by atoms with Crippen molar-refractivity contribution in [1.29, 1.82) is 0 Å². The van der Waals surface area contributed by atoms with E-state index in [1.807, 2.05) is 11.9 Å². The van der Waals surface area contributed by atoms with Gasteiger partial charge < -0.3 is 10.6 Å². The Kier molecular flexibility index (Phi) is 3.90. The third-order valence-corrected chi connectivity index (χ3v) is 2.24. The summed E-state index contributed by atoms with van der Waals surface area (Å²) in [6.07, 6.45) is 6.36. The molecule has 0 saturated heterocycles. The zero-order valence-corrected chi connectivity index (χ0v) is 9.77. The first kappa shape index (κ1) is 11.6. The average Bonchev–Trinajstić information content (AvgIpc) is 1.82. The van der Waals surface area contributed by atoms with Crippen molar-refractivity contribution >= 4 is 16.2 Å². The Hall–Kier alpha value is -0.380. The molecule has 0 spiro atoms. The fourth-order valence-electron chi connectivity index (χ4n) is 0.610. The minimum atomic E-state index is -0.881. The van der Waals surface area contributed by atoms with Crippen LogP contribution >= 0.6 is 10.2 Å². The Morgan fingerprint density at radius 3 is 2.00 bits per heavy atom. The second-order valence-corrected chi connectivity index (χ2v) is 7.65. The molecule has 12 heavy (non-hydrogen) atoms. The van der Waals surface area contributed by atoms with Gasteiger partial charge in [0.1, 0.15) is 0 Å². The van der Waals surface area contributed by atoms with Crippen molar-refractivity contribution in [3.63, 3.8) is 0 Å². The summed E-state index contributed by atoms with van der Waals surface area (Å²) >= 11 is 0. The summed E-state index contributed by atoms with van der Waals surface area (Å²) in [7, 11) is 1.09. The Labute approximate surface area is 77.5 Å². The number of hydrogen-bond acceptors (Lipinski definition) is 1. The molecule has 4 heteroatoms. The predicted octanol–water partition coefficient (Wildman–Crippen LogP) is 1.25. The first-order valence-electron chi connectivity index (χ1n) is 4.00. The normalized spacial score (nSPS) is 15.1. The summed E-state index contributed by atoms with van der Waals surface area (Å²) < 4.78 is 4.43. The first-order chi connectivity index (χ1) is 5.24. The topological polar surface area (TPSA) is 41.6 Å². The van der Waals surface area contributed by atoms with E-state index in [9.17, 15) is 0 Å². The molecule has 0 saturated carbocycles. The van der Waals surface area contributed by atoms with Crippen LogP contribution in [0.2, 0.25) is 0 Å². The van der Waals surface area contributed by atoms with Gasteiger partial charge in [0.2, 0.25) is 5.96 Å². The molecule has 0 aliphatic rings. The van der Waals surface area contributed by atoms with E-state index in [0.717, 1.165) is 0 Å². The molecule has 0 atom stereocenters. The van der Waals surface area contributed by atoms with E-state index in [2.05, 4.69) is 37.0 Å². The molecule has 0 heterocycles. The van der Waals surface area contributed by atoms with Gasteiger partial charge in [0.05, 0.1) is 0 Å². The number of rotatable bonds is 2. The molecule has 0 aliphatic carbocycles. The zero-order chi connectivity index (χ0) is 9.94. The highest BCUT2D eigenvalue weighted by molar-refractivity contribution is 8.31. The summed E-state index contributed by atoms with van der Waals surface area (Å²) in [5.41, 5.74) is 5.80. The highest BCUT2D eigenvalue weighted by atomic mass is 32.3. The van der Waals surface area contributed by atoms with Gasteiger partial charge in [-0.05, 0) is 32.6 Å². The molecular formula is C8H21N3S. The number of nitrogens with two attached hydrogens (primary N) is 1. The quantitative estimate of drug-likeness (QED) is 0.527. The fraction of sp³-hybridized carbons (Fsp3) is 0.875. The summed E-state index contributed by atoms with van der Waals surface area (Å²) in [5.74, 6) is 0.646. The molecule has 0 amide bonds. The van der Waals surface area contributed by atoms with E-state index in [1.165, 1.54) is 0 Å². The molecule has 2 N–H and O–H groups in total. The minimum Gasteiger partial charge on any atom is -0.369 e. The van der Waals surface area contributed by atoms with Crippen LogP contribution in [0.5, 0.6) is 0 Å². The Balaban J connectivity index is 4.38. The molecule has 74 valence electrons. The van der Waals surface area contributed by atoms with E-state index in [4.69, 9.17) is 5.73 Å². The number of nitrogens with zero attached hydrogens (tertiary/aromatic N) is 2. The second kappa shape index (κ2) is 4.03. The van der Waals surface area contributed by atoms with Gasteiger partial charge in [-0.15, -0.1) is 0 Å². The smallest absolute Gasteiger partial charge is 0.201 e. The lowest BCUT2D eigenvalue weighted by Crippen LogP contribution is -2.39. The van der Waals surface area contributed by atoms with Crippen LogP contribution in [-0.2, 0) is 0 Å². The highest BCUT2D eigenvalue weighted by Crippen LogP contribution is 2.36. The summed E-state index contributed by atoms with van der Waals surface area (Å²) in [6.45, 7) is 4.20. The highest BCUT2D eigenvalue weighted by Gasteiger charge is 2.08. The third-order valence-electron chi connectivity index (χ3n) is 1.50. The largest absolute Gasteiger partial charge is 0.369 e. The maximum atomic E-state index is 5.80. The van der Waals surface area contributed by atoms with Gasteiger partial charge in [0, 0.05) is 13.1 Å². The van der Waals surface area contributed by atoms with Crippen LogP contribution in [-0.4, -0.2) is 42.7 Å². The van der Waals surface area contributed by atoms with Crippen molar-refractivity contribution < 1.29 is 0 Å². The zero-order valence-electron chi connectivity index (χ0n) is 8.96. The van der Waals surface area contributed by atoms with Gasteiger partial charge in [-0.3, -0.25) is 0 Å². The van der Waals surface area contributed by atoms with Crippen molar-refractivity contribution in [1.82, 2.24) is 4.90 Å². The van der Waals surface area contributed by atoms with Crippen molar-refractivity contribution in [3.05, 3.63) is 0 Å². The van der Waals surface area contributed by atoms with Crippen LogP contribution in [0.1, 0.15) is 13.8 Å². The molecule has 0 unspecified atom stereocenters. The second-order valence-electron chi connectivity index (χ2n) is 3.93. The van der Waals surface area contributed by atoms with Crippen LogP contribution in [0, 0.1) is 0 Å². The molecule has 0 aromatic heterocycles. The number of hydrogen-bond donors (Lipinski definition) is 1. The maximum Gasteiger partial charge on any atom is 0.201 e. The lowest BCUT2D eigenvalue weighted by atomic mass is 10.4. The van der Waals surface area contributed by atoms with Gasteiger partial charge in [0.15, 0.2) is 0 Å². The molecule has 0 rings (SSSR count). The molecular weight excluding hydrogens is 170 g/mol. The SMILES string of the molecule is CC(C)N(C)C(N)=NS(C)(C)C. The maximum absolute atomic E-state index is 5.80. The predicted molar refractivity (Wildman–Crippen MR) is 59.9 cm³/mol. The van der Waals surface area contributed by atoms with Gasteiger partial charge >= 0.3 is 0 Å². The van der Waals surface area contributed by atoms with Gasteiger partial charge in [-0.1, -0.05) is 0 Å². The number of guanidine groups is 1. The van der Waals surface area contributed by atoms with E-state index in [1.54, 1.807) is 0 Å². The monoisotopic (exact) mass is 191 g/mol. The van der Waals surface area contributed by atoms with E-state index < -0.39 is 10.2 Å². The van der Waals surface area contributed by atoms with E-state index in [0.29, 0.717) is 12.0 Å². The Bertz CT molecular complexity index is 170. The van der Waals surface area contributed by atoms with Crippen LogP contribution in [0.15, 0.2) is 4.40 Å². The summed E-state index contributed by atoms with van der Waals surface area (Å²) in [4.78, 5) is 1.98. The van der Waals surface area contributed by atoms with Gasteiger partial charge in [-0.2, -0.15) is 10.2 Å². The summed E-state index contributed by atoms with van der Waals surface area (Å²) in [5, 5.41) is 0. The lowest BCUT2D eigenvalue weighted by molar-refractivity contribution is 0.414. The van der Waals surface area contributed by atoms with Crippen molar-refractivity contribution in [2.45, 2.75) is 19.9 Å². The van der Waals surface area contributed by atoms with Crippen molar-refractivity contribution in [2.24, 2.45) is 10.1 Å². The van der Waals surface area contributed by atoms with Gasteiger partial charge in [0.25, 0.3) is 0 Å². The van der Waals surface area contributed by atoms with Crippen LogP contribution in [0.3, 0.4) is 0 Å². The Morgan fingerprint density at radius 2 is 1.75 bits per heavy atom. The Morgan fingerprint density at radius 1 is 1.33 bits per heavy atom. The molecule has 3 nitrogen and oxygen atoms in total. The van der Waals surface area contributed by atoms with Crippen LogP contribution < -0.4 is 5.73 Å². The first-order valence-corrected chi connectivity index (χ1v) is 6.82. The molecule has 0 bridgehead atoms. The fourth-order valence-corrected chi connectivity index (χ4v) is 1.30. The van der Waals surface area contributed by atoms with Crippen LogP contribution in [0.25, 0.3) is 0 Å². The molecule has 0 fully saturated rings. The average molecular weight is 191 g/mol. The standard InChI is InChI=1S/C8H21N3S/c1-7(2)11(3)8(9)10-12(4,5)6/h7H,1-6H3,(H2,9,10). The van der Waals surface area contributed by atoms with Gasteiger partial charge in [-0.25, -0.2) is 4.40 Å². The van der Waals surface area contributed by atoms with Crippen molar-refractivity contribution in [3.8, 4) is 0 Å². The van der Waals surface area contributed by atoms with E-state index >= 15 is 0 Å². The molecule has 0 radical (unpaired) electrons. The molecule has 0 aliphatic heterocycles.